The zero-order chi connectivity index (χ0) is 46.2. The molecule has 8 unspecified atom stereocenters. The van der Waals surface area contributed by atoms with E-state index in [9.17, 15) is 35.1 Å². The Morgan fingerprint density at radius 1 is 0.603 bits per heavy atom. The van der Waals surface area contributed by atoms with Gasteiger partial charge in [0.25, 0.3) is 0 Å². The van der Waals surface area contributed by atoms with Crippen LogP contribution in [0.2, 0.25) is 0 Å². The van der Waals surface area contributed by atoms with Crippen molar-refractivity contribution in [2.24, 2.45) is 0 Å². The van der Waals surface area contributed by atoms with E-state index in [0.29, 0.717) is 12.8 Å². The molecule has 1 heterocycles. The minimum Gasteiger partial charge on any atom is -0.454 e. The van der Waals surface area contributed by atoms with Crippen LogP contribution in [0.5, 0.6) is 0 Å². The number of aliphatic hydroxyl groups excluding tert-OH is 5. The van der Waals surface area contributed by atoms with E-state index >= 15 is 0 Å². The molecule has 11 nitrogen and oxygen atoms in total. The van der Waals surface area contributed by atoms with Gasteiger partial charge in [-0.25, -0.2) is 0 Å². The number of aliphatic hydroxyl groups is 5. The minimum absolute atomic E-state index is 0.103. The molecule has 0 aromatic carbocycles. The molecule has 0 radical (unpaired) electrons. The van der Waals surface area contributed by atoms with Crippen molar-refractivity contribution in [3.63, 3.8) is 0 Å². The van der Waals surface area contributed by atoms with Crippen LogP contribution in [0.25, 0.3) is 0 Å². The van der Waals surface area contributed by atoms with Gasteiger partial charge in [0, 0.05) is 6.42 Å². The van der Waals surface area contributed by atoms with Crippen LogP contribution < -0.4 is 5.32 Å². The second-order valence-electron chi connectivity index (χ2n) is 17.9. The summed E-state index contributed by atoms with van der Waals surface area (Å²) in [5.74, 6) is -1.22. The molecule has 1 fully saturated rings. The fourth-order valence-corrected chi connectivity index (χ4v) is 7.80. The maximum atomic E-state index is 13.3. The Labute approximate surface area is 383 Å². The number of esters is 1. The van der Waals surface area contributed by atoms with Gasteiger partial charge in [-0.15, -0.1) is 0 Å². The lowest BCUT2D eigenvalue weighted by Gasteiger charge is -2.41. The lowest BCUT2D eigenvalue weighted by atomic mass is 9.99. The maximum absolute atomic E-state index is 13.3. The van der Waals surface area contributed by atoms with Crippen molar-refractivity contribution in [3.05, 3.63) is 36.5 Å². The Bertz CT molecular complexity index is 1160. The molecule has 0 aromatic rings. The quantitative estimate of drug-likeness (QED) is 0.0197. The summed E-state index contributed by atoms with van der Waals surface area (Å²) in [6, 6.07) is -1.03. The van der Waals surface area contributed by atoms with Crippen LogP contribution in [-0.2, 0) is 23.8 Å². The van der Waals surface area contributed by atoms with Crippen molar-refractivity contribution in [2.75, 3.05) is 13.2 Å². The number of hydrogen-bond donors (Lipinski definition) is 6. The van der Waals surface area contributed by atoms with Crippen LogP contribution in [0.3, 0.4) is 0 Å². The fraction of sp³-hybridized carbons (Fsp3) is 0.846. The molecular formula is C52H95NO10. The minimum atomic E-state index is -1.62. The molecule has 8 atom stereocenters. The SMILES string of the molecule is CCCC/C=C\CCCCCCC(O)C(=O)NC(COC1OC(CO)C(O)C(O)C1OC(=O)CCCCC/C=C\CCCCCCCC)C(O)/C=C/CCCCCCCCCCC. The number of carbonyl (C=O) groups excluding carboxylic acids is 2. The zero-order valence-corrected chi connectivity index (χ0v) is 40.2. The molecule has 6 N–H and O–H groups in total. The van der Waals surface area contributed by atoms with Gasteiger partial charge in [0.2, 0.25) is 5.91 Å². The van der Waals surface area contributed by atoms with Crippen LogP contribution in [0.4, 0.5) is 0 Å². The highest BCUT2D eigenvalue weighted by atomic mass is 16.7. The standard InChI is InChI=1S/C52H95NO10/c1-4-7-10-13-16-19-22-23-25-28-31-34-37-40-47(57)63-50-49(59)48(58)46(41-54)62-52(50)61-42-43(44(55)38-35-32-29-27-24-20-17-14-11-8-5-2)53-51(60)45(56)39-36-33-30-26-21-18-15-12-9-6-3/h15,18,23,25,35,38,43-46,48-50,52,54-56,58-59H,4-14,16-17,19-22,24,26-34,36-37,39-42H2,1-3H3,(H,53,60)/b18-15-,25-23-,38-35+. The summed E-state index contributed by atoms with van der Waals surface area (Å²) in [5.41, 5.74) is 0. The van der Waals surface area contributed by atoms with Gasteiger partial charge in [0.1, 0.15) is 24.4 Å². The second-order valence-corrected chi connectivity index (χ2v) is 17.9. The smallest absolute Gasteiger partial charge is 0.306 e. The number of allylic oxidation sites excluding steroid dienone is 5. The van der Waals surface area contributed by atoms with Gasteiger partial charge < -0.3 is 45.1 Å². The number of hydrogen-bond acceptors (Lipinski definition) is 10. The van der Waals surface area contributed by atoms with Gasteiger partial charge >= 0.3 is 5.97 Å². The summed E-state index contributed by atoms with van der Waals surface area (Å²) in [4.78, 5) is 26.3. The summed E-state index contributed by atoms with van der Waals surface area (Å²) in [6.45, 7) is 5.67. The van der Waals surface area contributed by atoms with Crippen molar-refractivity contribution in [3.8, 4) is 0 Å². The highest BCUT2D eigenvalue weighted by Crippen LogP contribution is 2.26. The molecule has 1 amide bonds. The third-order valence-electron chi connectivity index (χ3n) is 12.0. The lowest BCUT2D eigenvalue weighted by molar-refractivity contribution is -0.305. The summed E-state index contributed by atoms with van der Waals surface area (Å²) in [6.07, 6.45) is 34.9. The maximum Gasteiger partial charge on any atom is 0.306 e. The zero-order valence-electron chi connectivity index (χ0n) is 40.2. The van der Waals surface area contributed by atoms with Crippen molar-refractivity contribution in [1.82, 2.24) is 5.32 Å². The predicted molar refractivity (Wildman–Crippen MR) is 255 cm³/mol. The van der Waals surface area contributed by atoms with Crippen molar-refractivity contribution >= 4 is 11.9 Å². The molecule has 0 aliphatic carbocycles. The first-order chi connectivity index (χ1) is 30.7. The normalized spacial score (nSPS) is 20.8. The van der Waals surface area contributed by atoms with Gasteiger partial charge in [-0.2, -0.15) is 0 Å². The monoisotopic (exact) mass is 894 g/mol. The number of unbranched alkanes of at least 4 members (excludes halogenated alkanes) is 24. The number of ether oxygens (including phenoxy) is 3. The van der Waals surface area contributed by atoms with Gasteiger partial charge in [0.05, 0.1) is 25.4 Å². The van der Waals surface area contributed by atoms with E-state index in [0.717, 1.165) is 77.0 Å². The first kappa shape index (κ1) is 58.9. The summed E-state index contributed by atoms with van der Waals surface area (Å²) < 4.78 is 17.5. The van der Waals surface area contributed by atoms with E-state index in [1.165, 1.54) is 96.3 Å². The van der Waals surface area contributed by atoms with Crippen molar-refractivity contribution in [2.45, 2.75) is 269 Å². The first-order valence-electron chi connectivity index (χ1n) is 25.8. The van der Waals surface area contributed by atoms with Gasteiger partial charge in [-0.3, -0.25) is 9.59 Å². The van der Waals surface area contributed by atoms with Crippen LogP contribution in [0, 0.1) is 0 Å². The van der Waals surface area contributed by atoms with Crippen molar-refractivity contribution in [1.29, 1.82) is 0 Å². The molecule has 368 valence electrons. The molecule has 0 bridgehead atoms. The number of amides is 1. The largest absolute Gasteiger partial charge is 0.454 e. The van der Waals surface area contributed by atoms with E-state index in [1.54, 1.807) is 6.08 Å². The van der Waals surface area contributed by atoms with Crippen molar-refractivity contribution < 1.29 is 49.3 Å². The molecule has 11 heteroatoms. The predicted octanol–water partition coefficient (Wildman–Crippen LogP) is 10.4. The Hall–Kier alpha value is -2.12. The van der Waals surface area contributed by atoms with E-state index < -0.39 is 67.4 Å². The van der Waals surface area contributed by atoms with Gasteiger partial charge in [0.15, 0.2) is 12.4 Å². The third kappa shape index (κ3) is 30.7. The fourth-order valence-electron chi connectivity index (χ4n) is 7.80. The highest BCUT2D eigenvalue weighted by Gasteiger charge is 2.47. The summed E-state index contributed by atoms with van der Waals surface area (Å²) >= 11 is 0. The van der Waals surface area contributed by atoms with Crippen LogP contribution in [0.1, 0.15) is 220 Å². The second kappa shape index (κ2) is 41.3. The molecule has 1 aliphatic heterocycles. The molecule has 63 heavy (non-hydrogen) atoms. The Morgan fingerprint density at radius 2 is 1.06 bits per heavy atom. The Balaban J connectivity index is 2.80. The molecule has 1 saturated heterocycles. The molecule has 0 spiro atoms. The average molecular weight is 894 g/mol. The Morgan fingerprint density at radius 3 is 1.59 bits per heavy atom. The summed E-state index contributed by atoms with van der Waals surface area (Å²) in [5, 5.41) is 56.4. The molecule has 0 saturated carbocycles. The highest BCUT2D eigenvalue weighted by molar-refractivity contribution is 5.80. The molecule has 1 rings (SSSR count). The summed E-state index contributed by atoms with van der Waals surface area (Å²) in [7, 11) is 0. The Kier molecular flexibility index (Phi) is 38.6. The van der Waals surface area contributed by atoms with Crippen LogP contribution >= 0.6 is 0 Å². The third-order valence-corrected chi connectivity index (χ3v) is 12.0. The van der Waals surface area contributed by atoms with Crippen LogP contribution in [-0.4, -0.2) is 99.6 Å². The topological polar surface area (TPSA) is 175 Å². The van der Waals surface area contributed by atoms with E-state index in [-0.39, 0.29) is 19.4 Å². The number of nitrogens with one attached hydrogen (secondary N) is 1. The number of carbonyl (C=O) groups is 2. The van der Waals surface area contributed by atoms with E-state index in [2.05, 4.69) is 50.4 Å². The number of rotatable bonds is 42. The van der Waals surface area contributed by atoms with E-state index in [4.69, 9.17) is 14.2 Å². The first-order valence-corrected chi connectivity index (χ1v) is 25.8. The molecule has 0 aromatic heterocycles. The average Bonchev–Trinajstić information content (AvgIpc) is 3.28. The van der Waals surface area contributed by atoms with Gasteiger partial charge in [-0.1, -0.05) is 179 Å². The molecule has 1 aliphatic rings. The van der Waals surface area contributed by atoms with Crippen LogP contribution in [0.15, 0.2) is 36.5 Å². The van der Waals surface area contributed by atoms with E-state index in [1.807, 2.05) is 6.08 Å². The lowest BCUT2D eigenvalue weighted by Crippen LogP contribution is -2.61. The van der Waals surface area contributed by atoms with Gasteiger partial charge in [-0.05, 0) is 70.6 Å². The molecular weight excluding hydrogens is 799 g/mol.